The van der Waals surface area contributed by atoms with Gasteiger partial charge >= 0.3 is 6.18 Å². The third-order valence-electron chi connectivity index (χ3n) is 2.26. The maximum atomic E-state index is 12.3. The first kappa shape index (κ1) is 13.4. The van der Waals surface area contributed by atoms with Crippen molar-refractivity contribution in [1.29, 1.82) is 5.26 Å². The van der Waals surface area contributed by atoms with Crippen molar-refractivity contribution >= 4 is 5.69 Å². The second kappa shape index (κ2) is 6.14. The van der Waals surface area contributed by atoms with Crippen LogP contribution < -0.4 is 5.32 Å². The van der Waals surface area contributed by atoms with Crippen molar-refractivity contribution in [1.82, 2.24) is 0 Å². The quantitative estimate of drug-likeness (QED) is 0.797. The second-order valence-corrected chi connectivity index (χ2v) is 3.62. The number of nitrogens with one attached hydrogen (secondary N) is 1. The molecule has 0 aliphatic carbocycles. The van der Waals surface area contributed by atoms with E-state index < -0.39 is 11.7 Å². The van der Waals surface area contributed by atoms with Gasteiger partial charge in [0, 0.05) is 18.7 Å². The van der Waals surface area contributed by atoms with Crippen LogP contribution in [-0.2, 0) is 6.18 Å². The van der Waals surface area contributed by atoms with Crippen LogP contribution >= 0.6 is 0 Å². The van der Waals surface area contributed by atoms with Crippen LogP contribution in [0.25, 0.3) is 0 Å². The smallest absolute Gasteiger partial charge is 0.385 e. The highest BCUT2D eigenvalue weighted by Crippen LogP contribution is 2.29. The third-order valence-corrected chi connectivity index (χ3v) is 2.26. The summed E-state index contributed by atoms with van der Waals surface area (Å²) in [5.41, 5.74) is 0.0162. The Hall–Kier alpha value is -1.70. The van der Waals surface area contributed by atoms with Crippen LogP contribution in [0.4, 0.5) is 18.9 Å². The van der Waals surface area contributed by atoms with Crippen LogP contribution in [0, 0.1) is 11.3 Å². The normalized spacial score (nSPS) is 10.9. The monoisotopic (exact) mass is 242 g/mol. The standard InChI is InChI=1S/C12H13F3N2/c13-12(14,15)10-4-6-11(7-5-10)17-9-3-1-2-8-16/h4-7,17H,1-3,9H2. The molecule has 1 N–H and O–H groups in total. The Balaban J connectivity index is 2.39. The van der Waals surface area contributed by atoms with E-state index in [9.17, 15) is 13.2 Å². The van der Waals surface area contributed by atoms with Gasteiger partial charge in [-0.2, -0.15) is 18.4 Å². The van der Waals surface area contributed by atoms with E-state index in [-0.39, 0.29) is 0 Å². The molecule has 5 heteroatoms. The first-order valence-electron chi connectivity index (χ1n) is 5.32. The molecule has 0 aliphatic rings. The van der Waals surface area contributed by atoms with Gasteiger partial charge in [0.05, 0.1) is 11.6 Å². The number of halogens is 3. The molecule has 0 bridgehead atoms. The zero-order chi connectivity index (χ0) is 12.7. The predicted molar refractivity (Wildman–Crippen MR) is 59.4 cm³/mol. The molecule has 0 atom stereocenters. The van der Waals surface area contributed by atoms with Crippen molar-refractivity contribution in [3.8, 4) is 6.07 Å². The molecule has 0 unspecified atom stereocenters. The van der Waals surface area contributed by atoms with Crippen LogP contribution in [0.5, 0.6) is 0 Å². The van der Waals surface area contributed by atoms with Crippen molar-refractivity contribution in [3.63, 3.8) is 0 Å². The molecule has 0 aromatic heterocycles. The fourth-order valence-corrected chi connectivity index (χ4v) is 1.34. The van der Waals surface area contributed by atoms with Crippen molar-refractivity contribution in [2.75, 3.05) is 11.9 Å². The largest absolute Gasteiger partial charge is 0.416 e. The van der Waals surface area contributed by atoms with Gasteiger partial charge in [0.1, 0.15) is 0 Å². The summed E-state index contributed by atoms with van der Waals surface area (Å²) < 4.78 is 36.8. The molecule has 17 heavy (non-hydrogen) atoms. The van der Waals surface area contributed by atoms with Crippen molar-refractivity contribution in [2.24, 2.45) is 0 Å². The van der Waals surface area contributed by atoms with Gasteiger partial charge in [0.25, 0.3) is 0 Å². The molecular formula is C12H13F3N2. The second-order valence-electron chi connectivity index (χ2n) is 3.62. The summed E-state index contributed by atoms with van der Waals surface area (Å²) in [6.45, 7) is 0.660. The molecule has 0 saturated heterocycles. The highest BCUT2D eigenvalue weighted by molar-refractivity contribution is 5.44. The predicted octanol–water partition coefficient (Wildman–Crippen LogP) is 3.81. The zero-order valence-electron chi connectivity index (χ0n) is 9.22. The number of alkyl halides is 3. The van der Waals surface area contributed by atoms with E-state index in [4.69, 9.17) is 5.26 Å². The molecule has 1 aromatic rings. The van der Waals surface area contributed by atoms with E-state index >= 15 is 0 Å². The first-order valence-corrected chi connectivity index (χ1v) is 5.32. The summed E-state index contributed by atoms with van der Waals surface area (Å²) in [5, 5.41) is 11.3. The zero-order valence-corrected chi connectivity index (χ0v) is 9.22. The fraction of sp³-hybridized carbons (Fsp3) is 0.417. The molecule has 92 valence electrons. The highest BCUT2D eigenvalue weighted by atomic mass is 19.4. The van der Waals surface area contributed by atoms with E-state index in [0.29, 0.717) is 18.7 Å². The summed E-state index contributed by atoms with van der Waals surface area (Å²) in [5.74, 6) is 0. The lowest BCUT2D eigenvalue weighted by Gasteiger charge is -2.09. The Morgan fingerprint density at radius 3 is 2.29 bits per heavy atom. The van der Waals surface area contributed by atoms with Crippen molar-refractivity contribution < 1.29 is 13.2 Å². The molecular weight excluding hydrogens is 229 g/mol. The molecule has 0 spiro atoms. The minimum atomic E-state index is -4.29. The van der Waals surface area contributed by atoms with Crippen LogP contribution in [-0.4, -0.2) is 6.54 Å². The fourth-order valence-electron chi connectivity index (χ4n) is 1.34. The number of nitriles is 1. The Bertz CT molecular complexity index is 376. The van der Waals surface area contributed by atoms with Gasteiger partial charge in [0.2, 0.25) is 0 Å². The first-order chi connectivity index (χ1) is 8.04. The Morgan fingerprint density at radius 2 is 1.76 bits per heavy atom. The number of anilines is 1. The summed E-state index contributed by atoms with van der Waals surface area (Å²) in [6, 6.07) is 6.96. The number of hydrogen-bond acceptors (Lipinski definition) is 2. The topological polar surface area (TPSA) is 35.8 Å². The van der Waals surface area contributed by atoms with Gasteiger partial charge < -0.3 is 5.32 Å². The number of benzene rings is 1. The summed E-state index contributed by atoms with van der Waals surface area (Å²) in [7, 11) is 0. The van der Waals surface area contributed by atoms with Gasteiger partial charge in [-0.25, -0.2) is 0 Å². The van der Waals surface area contributed by atoms with Gasteiger partial charge in [-0.3, -0.25) is 0 Å². The van der Waals surface area contributed by atoms with Gasteiger partial charge in [-0.05, 0) is 37.1 Å². The molecule has 2 nitrogen and oxygen atoms in total. The van der Waals surface area contributed by atoms with E-state index in [2.05, 4.69) is 5.32 Å². The Labute approximate surface area is 98.1 Å². The van der Waals surface area contributed by atoms with E-state index in [1.807, 2.05) is 6.07 Å². The molecule has 0 heterocycles. The average Bonchev–Trinajstić information content (AvgIpc) is 2.28. The average molecular weight is 242 g/mol. The molecule has 0 saturated carbocycles. The minimum Gasteiger partial charge on any atom is -0.385 e. The van der Waals surface area contributed by atoms with Gasteiger partial charge in [-0.15, -0.1) is 0 Å². The van der Waals surface area contributed by atoms with E-state index in [1.165, 1.54) is 12.1 Å². The molecule has 0 fully saturated rings. The lowest BCUT2D eigenvalue weighted by Crippen LogP contribution is -2.05. The van der Waals surface area contributed by atoms with Crippen LogP contribution in [0.15, 0.2) is 24.3 Å². The van der Waals surface area contributed by atoms with Crippen LogP contribution in [0.2, 0.25) is 0 Å². The number of rotatable bonds is 5. The van der Waals surface area contributed by atoms with Crippen molar-refractivity contribution in [3.05, 3.63) is 29.8 Å². The van der Waals surface area contributed by atoms with Crippen LogP contribution in [0.1, 0.15) is 24.8 Å². The number of hydrogen-bond donors (Lipinski definition) is 1. The number of unbranched alkanes of at least 4 members (excludes halogenated alkanes) is 2. The van der Waals surface area contributed by atoms with E-state index in [1.54, 1.807) is 0 Å². The Morgan fingerprint density at radius 1 is 1.12 bits per heavy atom. The lowest BCUT2D eigenvalue weighted by atomic mass is 10.2. The Kier molecular flexibility index (Phi) is 4.83. The highest BCUT2D eigenvalue weighted by Gasteiger charge is 2.29. The summed E-state index contributed by atoms with van der Waals surface area (Å²) in [6.07, 6.45) is -2.15. The number of nitrogens with zero attached hydrogens (tertiary/aromatic N) is 1. The molecule has 0 radical (unpaired) electrons. The molecule has 1 aromatic carbocycles. The van der Waals surface area contributed by atoms with E-state index in [0.717, 1.165) is 25.0 Å². The third kappa shape index (κ3) is 4.77. The molecule has 0 amide bonds. The molecule has 0 aliphatic heterocycles. The van der Waals surface area contributed by atoms with Gasteiger partial charge in [-0.1, -0.05) is 0 Å². The minimum absolute atomic E-state index is 0.509. The maximum absolute atomic E-state index is 12.3. The maximum Gasteiger partial charge on any atom is 0.416 e. The van der Waals surface area contributed by atoms with Crippen molar-refractivity contribution in [2.45, 2.75) is 25.4 Å². The molecule has 1 rings (SSSR count). The van der Waals surface area contributed by atoms with Crippen LogP contribution in [0.3, 0.4) is 0 Å². The SMILES string of the molecule is N#CCCCCNc1ccc(C(F)(F)F)cc1. The summed E-state index contributed by atoms with van der Waals surface area (Å²) in [4.78, 5) is 0. The summed E-state index contributed by atoms with van der Waals surface area (Å²) >= 11 is 0. The van der Waals surface area contributed by atoms with Gasteiger partial charge in [0.15, 0.2) is 0 Å². The lowest BCUT2D eigenvalue weighted by molar-refractivity contribution is -0.137.